The van der Waals surface area contributed by atoms with Crippen LogP contribution in [0.4, 0.5) is 5.69 Å². The first-order valence-electron chi connectivity index (χ1n) is 10.9. The average Bonchev–Trinajstić information content (AvgIpc) is 3.13. The van der Waals surface area contributed by atoms with Gasteiger partial charge in [0, 0.05) is 23.1 Å². The van der Waals surface area contributed by atoms with Crippen molar-refractivity contribution in [3.63, 3.8) is 0 Å². The Balaban J connectivity index is 1.53. The highest BCUT2D eigenvalue weighted by molar-refractivity contribution is 8.15. The van der Waals surface area contributed by atoms with Crippen molar-refractivity contribution in [2.24, 2.45) is 10.1 Å². The molecule has 1 saturated heterocycles. The van der Waals surface area contributed by atoms with Crippen LogP contribution in [0, 0.1) is 0 Å². The number of benzene rings is 3. The van der Waals surface area contributed by atoms with Gasteiger partial charge in [-0.25, -0.2) is 0 Å². The number of rotatable bonds is 7. The molecule has 35 heavy (non-hydrogen) atoms. The van der Waals surface area contributed by atoms with Crippen LogP contribution in [-0.4, -0.2) is 50.2 Å². The van der Waals surface area contributed by atoms with Gasteiger partial charge in [0.15, 0.2) is 16.7 Å². The number of amides is 2. The fourth-order valence-corrected chi connectivity index (χ4v) is 4.54. The zero-order chi connectivity index (χ0) is 24.9. The predicted octanol–water partition coefficient (Wildman–Crippen LogP) is 4.49. The van der Waals surface area contributed by atoms with Crippen LogP contribution in [0.25, 0.3) is 10.8 Å². The van der Waals surface area contributed by atoms with Crippen molar-refractivity contribution >= 4 is 51.4 Å². The number of phenols is 2. The van der Waals surface area contributed by atoms with E-state index in [1.54, 1.807) is 12.1 Å². The number of nitrogens with one attached hydrogen (secondary N) is 1. The van der Waals surface area contributed by atoms with Gasteiger partial charge in [0.25, 0.3) is 5.91 Å². The minimum atomic E-state index is -0.719. The fourth-order valence-electron chi connectivity index (χ4n) is 3.48. The summed E-state index contributed by atoms with van der Waals surface area (Å²) in [5.41, 5.74) is 1.71. The maximum Gasteiger partial charge on any atom is 0.263 e. The molecule has 0 unspecified atom stereocenters. The van der Waals surface area contributed by atoms with Crippen molar-refractivity contribution in [1.82, 2.24) is 5.01 Å². The Bertz CT molecular complexity index is 1360. The Morgan fingerprint density at radius 1 is 1.14 bits per heavy atom. The Hall–Kier alpha value is -4.11. The molecule has 8 nitrogen and oxygen atoms in total. The molecular formula is C26H24N4O4S. The molecule has 3 aromatic carbocycles. The molecule has 1 fully saturated rings. The van der Waals surface area contributed by atoms with Crippen molar-refractivity contribution in [1.29, 1.82) is 0 Å². The summed E-state index contributed by atoms with van der Waals surface area (Å²) in [5, 5.41) is 29.5. The van der Waals surface area contributed by atoms with Crippen LogP contribution in [0.15, 0.2) is 82.9 Å². The Morgan fingerprint density at radius 2 is 1.89 bits per heavy atom. The number of fused-ring (bicyclic) bond motifs is 1. The number of hydrazone groups is 1. The number of aromatic hydroxyl groups is 2. The normalized spacial score (nSPS) is 16.9. The number of hydrogen-bond donors (Lipinski definition) is 3. The molecule has 1 heterocycles. The van der Waals surface area contributed by atoms with E-state index in [9.17, 15) is 19.8 Å². The van der Waals surface area contributed by atoms with E-state index < -0.39 is 11.2 Å². The smallest absolute Gasteiger partial charge is 0.263 e. The molecule has 4 rings (SSSR count). The monoisotopic (exact) mass is 488 g/mol. The number of anilines is 1. The first-order valence-corrected chi connectivity index (χ1v) is 11.7. The van der Waals surface area contributed by atoms with Gasteiger partial charge in [-0.3, -0.25) is 14.6 Å². The third-order valence-electron chi connectivity index (χ3n) is 5.19. The van der Waals surface area contributed by atoms with Gasteiger partial charge in [0.1, 0.15) is 5.25 Å². The van der Waals surface area contributed by atoms with Crippen molar-refractivity contribution in [3.8, 4) is 11.5 Å². The van der Waals surface area contributed by atoms with Crippen LogP contribution in [-0.2, 0) is 9.59 Å². The van der Waals surface area contributed by atoms with E-state index in [2.05, 4.69) is 22.0 Å². The van der Waals surface area contributed by atoms with Crippen LogP contribution in [0.3, 0.4) is 0 Å². The zero-order valence-corrected chi connectivity index (χ0v) is 19.8. The summed E-state index contributed by atoms with van der Waals surface area (Å²) in [6.07, 6.45) is 1.20. The first kappa shape index (κ1) is 24.0. The zero-order valence-electron chi connectivity index (χ0n) is 19.0. The van der Waals surface area contributed by atoms with Crippen molar-refractivity contribution in [3.05, 3.63) is 78.4 Å². The van der Waals surface area contributed by atoms with E-state index in [1.807, 2.05) is 49.4 Å². The van der Waals surface area contributed by atoms with Crippen LogP contribution in [0.5, 0.6) is 11.5 Å². The molecule has 0 spiro atoms. The van der Waals surface area contributed by atoms with Gasteiger partial charge in [-0.2, -0.15) is 10.1 Å². The lowest BCUT2D eigenvalue weighted by molar-refractivity contribution is -0.128. The lowest BCUT2D eigenvalue weighted by Gasteiger charge is -2.11. The predicted molar refractivity (Wildman–Crippen MR) is 140 cm³/mol. The van der Waals surface area contributed by atoms with E-state index in [4.69, 9.17) is 0 Å². The summed E-state index contributed by atoms with van der Waals surface area (Å²) in [7, 11) is 0. The van der Waals surface area contributed by atoms with E-state index in [0.717, 1.165) is 33.1 Å². The highest BCUT2D eigenvalue weighted by atomic mass is 32.2. The second-order valence-electron chi connectivity index (χ2n) is 8.05. The maximum atomic E-state index is 13.1. The van der Waals surface area contributed by atoms with Crippen LogP contribution < -0.4 is 5.32 Å². The van der Waals surface area contributed by atoms with Crippen molar-refractivity contribution in [2.75, 3.05) is 11.9 Å². The lowest BCUT2D eigenvalue weighted by atomic mass is 10.1. The number of thioether (sulfide) groups is 1. The summed E-state index contributed by atoms with van der Waals surface area (Å²) in [4.78, 5) is 30.4. The summed E-state index contributed by atoms with van der Waals surface area (Å²) >= 11 is 1.15. The molecule has 2 amide bonds. The van der Waals surface area contributed by atoms with Crippen LogP contribution in [0.2, 0.25) is 0 Å². The molecule has 178 valence electrons. The topological polar surface area (TPSA) is 115 Å². The lowest BCUT2D eigenvalue weighted by Crippen LogP contribution is -2.30. The number of carbonyl (C=O) groups is 2. The summed E-state index contributed by atoms with van der Waals surface area (Å²) in [6.45, 7) is 5.95. The van der Waals surface area contributed by atoms with Gasteiger partial charge in [-0.15, -0.1) is 0 Å². The minimum Gasteiger partial charge on any atom is -0.504 e. The summed E-state index contributed by atoms with van der Waals surface area (Å²) in [6, 6.07) is 17.8. The van der Waals surface area contributed by atoms with Crippen LogP contribution in [0.1, 0.15) is 18.9 Å². The summed E-state index contributed by atoms with van der Waals surface area (Å²) < 4.78 is 0. The molecule has 9 heteroatoms. The Labute approximate surface area is 206 Å². The van der Waals surface area contributed by atoms with Gasteiger partial charge < -0.3 is 15.5 Å². The third-order valence-corrected chi connectivity index (χ3v) is 6.36. The molecule has 0 aliphatic carbocycles. The maximum absolute atomic E-state index is 13.1. The van der Waals surface area contributed by atoms with E-state index in [1.165, 1.54) is 12.3 Å². The highest BCUT2D eigenvalue weighted by Crippen LogP contribution is 2.32. The van der Waals surface area contributed by atoms with Gasteiger partial charge >= 0.3 is 0 Å². The van der Waals surface area contributed by atoms with Gasteiger partial charge in [-0.1, -0.05) is 66.4 Å². The highest BCUT2D eigenvalue weighted by Gasteiger charge is 2.39. The summed E-state index contributed by atoms with van der Waals surface area (Å²) in [5.74, 6) is -1.35. The van der Waals surface area contributed by atoms with Crippen LogP contribution >= 0.6 is 11.8 Å². The molecule has 0 aromatic heterocycles. The van der Waals surface area contributed by atoms with Gasteiger partial charge in [0.2, 0.25) is 5.91 Å². The molecular weight excluding hydrogens is 464 g/mol. The third kappa shape index (κ3) is 5.52. The number of amidine groups is 1. The molecule has 3 N–H and O–H groups in total. The Kier molecular flexibility index (Phi) is 7.17. The number of para-hydroxylation sites is 1. The van der Waals surface area contributed by atoms with Crippen molar-refractivity contribution < 1.29 is 19.8 Å². The van der Waals surface area contributed by atoms with E-state index in [0.29, 0.717) is 17.4 Å². The van der Waals surface area contributed by atoms with Gasteiger partial charge in [-0.05, 0) is 30.5 Å². The van der Waals surface area contributed by atoms with E-state index in [-0.39, 0.29) is 29.4 Å². The standard InChI is InChI=1S/C26H24N4O4S/c1-16(2)14-27-26-30(28-15-18-9-6-12-21(31)24(18)33)25(34)22(35-26)13-23(32)29-20-11-5-8-17-7-3-4-10-19(17)20/h3-12,15,22,31,33H,1,13-14H2,2H3,(H,29,32)/b27-26?,28-15+/t22-/m0/s1. The SMILES string of the molecule is C=C(C)CN=C1S[C@@H](CC(=O)Nc2cccc3ccccc23)C(=O)N1/N=C/c1cccc(O)c1O. The number of nitrogens with zero attached hydrogens (tertiary/aromatic N) is 3. The second kappa shape index (κ2) is 10.4. The molecule has 0 saturated carbocycles. The van der Waals surface area contributed by atoms with E-state index >= 15 is 0 Å². The second-order valence-corrected chi connectivity index (χ2v) is 9.22. The molecule has 0 radical (unpaired) electrons. The fraction of sp³-hybridized carbons (Fsp3) is 0.154. The molecule has 3 aromatic rings. The Morgan fingerprint density at radius 3 is 2.69 bits per heavy atom. The molecule has 1 aliphatic rings. The number of aliphatic imine (C=N–C) groups is 1. The number of carbonyl (C=O) groups excluding carboxylic acids is 2. The van der Waals surface area contributed by atoms with Crippen molar-refractivity contribution in [2.45, 2.75) is 18.6 Å². The molecule has 0 bridgehead atoms. The minimum absolute atomic E-state index is 0.0673. The average molecular weight is 489 g/mol. The largest absolute Gasteiger partial charge is 0.504 e. The van der Waals surface area contributed by atoms with Gasteiger partial charge in [0.05, 0.1) is 12.8 Å². The number of hydrogen-bond acceptors (Lipinski definition) is 7. The number of phenolic OH excluding ortho intramolecular Hbond substituents is 2. The molecule has 1 atom stereocenters. The molecule has 1 aliphatic heterocycles. The first-order chi connectivity index (χ1) is 16.8. The quantitative estimate of drug-likeness (QED) is 0.258.